The summed E-state index contributed by atoms with van der Waals surface area (Å²) in [6, 6.07) is 9.57. The fourth-order valence-electron chi connectivity index (χ4n) is 1.62. The van der Waals surface area contributed by atoms with Crippen molar-refractivity contribution in [1.82, 2.24) is 9.97 Å². The number of thioether (sulfide) groups is 1. The zero-order chi connectivity index (χ0) is 14.8. The zero-order valence-electron chi connectivity index (χ0n) is 11.7. The molecule has 2 rings (SSSR count). The van der Waals surface area contributed by atoms with E-state index in [1.165, 1.54) is 0 Å². The summed E-state index contributed by atoms with van der Waals surface area (Å²) in [7, 11) is 0. The third-order valence-corrected chi connectivity index (χ3v) is 4.41. The first-order valence-corrected chi connectivity index (χ1v) is 8.01. The molecule has 0 atom stereocenters. The fraction of sp³-hybridized carbons (Fsp3) is 0.333. The van der Waals surface area contributed by atoms with Gasteiger partial charge in [-0.1, -0.05) is 56.1 Å². The monoisotopic (exact) mass is 326 g/mol. The van der Waals surface area contributed by atoms with E-state index in [1.54, 1.807) is 11.8 Å². The summed E-state index contributed by atoms with van der Waals surface area (Å²) in [5.41, 5.74) is 0.906. The van der Waals surface area contributed by atoms with E-state index < -0.39 is 0 Å². The van der Waals surface area contributed by atoms with Crippen molar-refractivity contribution in [2.45, 2.75) is 36.8 Å². The van der Waals surface area contributed by atoms with Gasteiger partial charge in [-0.05, 0) is 18.2 Å². The van der Waals surface area contributed by atoms with Crippen molar-refractivity contribution in [3.05, 3.63) is 52.0 Å². The van der Waals surface area contributed by atoms with Crippen molar-refractivity contribution in [1.29, 1.82) is 0 Å². The SMILES string of the molecule is CC(C)(C)c1cc(Cl)nc(CSc2ccccc2Cl)n1. The van der Waals surface area contributed by atoms with Gasteiger partial charge in [-0.15, -0.1) is 11.8 Å². The molecule has 0 amide bonds. The average molecular weight is 327 g/mol. The lowest BCUT2D eigenvalue weighted by molar-refractivity contribution is 0.564. The molecule has 0 radical (unpaired) electrons. The Kier molecular flexibility index (Phi) is 4.95. The topological polar surface area (TPSA) is 25.8 Å². The van der Waals surface area contributed by atoms with Gasteiger partial charge in [0.05, 0.1) is 16.5 Å². The maximum absolute atomic E-state index is 6.14. The Morgan fingerprint density at radius 1 is 1.10 bits per heavy atom. The molecule has 0 bridgehead atoms. The lowest BCUT2D eigenvalue weighted by atomic mass is 9.92. The predicted octanol–water partition coefficient (Wildman–Crippen LogP) is 5.37. The van der Waals surface area contributed by atoms with Gasteiger partial charge in [-0.2, -0.15) is 0 Å². The van der Waals surface area contributed by atoms with E-state index in [4.69, 9.17) is 23.2 Å². The van der Waals surface area contributed by atoms with Crippen LogP contribution in [0.15, 0.2) is 35.2 Å². The summed E-state index contributed by atoms with van der Waals surface area (Å²) in [6.45, 7) is 6.32. The summed E-state index contributed by atoms with van der Waals surface area (Å²) in [5.74, 6) is 1.38. The molecule has 0 N–H and O–H groups in total. The minimum atomic E-state index is -0.0452. The Labute approximate surface area is 133 Å². The predicted molar refractivity (Wildman–Crippen MR) is 86.8 cm³/mol. The van der Waals surface area contributed by atoms with Crippen LogP contribution in [0.2, 0.25) is 10.2 Å². The Morgan fingerprint density at radius 3 is 2.45 bits per heavy atom. The maximum Gasteiger partial charge on any atom is 0.140 e. The molecule has 0 fully saturated rings. The number of rotatable bonds is 3. The van der Waals surface area contributed by atoms with Crippen molar-refractivity contribution >= 4 is 35.0 Å². The number of hydrogen-bond acceptors (Lipinski definition) is 3. The lowest BCUT2D eigenvalue weighted by Crippen LogP contribution is -2.15. The molecule has 0 aliphatic rings. The first-order valence-electron chi connectivity index (χ1n) is 6.27. The normalized spacial score (nSPS) is 11.7. The Bertz CT molecular complexity index is 609. The van der Waals surface area contributed by atoms with Crippen LogP contribution in [-0.2, 0) is 11.2 Å². The molecule has 2 aromatic rings. The van der Waals surface area contributed by atoms with Crippen LogP contribution < -0.4 is 0 Å². The van der Waals surface area contributed by atoms with Crippen molar-refractivity contribution in [3.8, 4) is 0 Å². The van der Waals surface area contributed by atoms with Gasteiger partial charge in [0.2, 0.25) is 0 Å². The van der Waals surface area contributed by atoms with Crippen LogP contribution in [0.1, 0.15) is 32.3 Å². The second-order valence-electron chi connectivity index (χ2n) is 5.46. The van der Waals surface area contributed by atoms with Crippen LogP contribution in [0.5, 0.6) is 0 Å². The summed E-state index contributed by atoms with van der Waals surface area (Å²) >= 11 is 13.8. The molecule has 1 aromatic heterocycles. The first kappa shape index (κ1) is 15.6. The molecule has 106 valence electrons. The van der Waals surface area contributed by atoms with E-state index in [1.807, 2.05) is 30.3 Å². The summed E-state index contributed by atoms with van der Waals surface area (Å²) in [5, 5.41) is 1.23. The molecule has 0 aliphatic carbocycles. The Hall–Kier alpha value is -0.770. The summed E-state index contributed by atoms with van der Waals surface area (Å²) in [6.07, 6.45) is 0. The molecule has 1 aromatic carbocycles. The fourth-order valence-corrected chi connectivity index (χ4v) is 2.91. The third kappa shape index (κ3) is 4.11. The van der Waals surface area contributed by atoms with Crippen LogP contribution in [0.25, 0.3) is 0 Å². The van der Waals surface area contributed by atoms with Gasteiger partial charge >= 0.3 is 0 Å². The Balaban J connectivity index is 2.18. The molecule has 0 aliphatic heterocycles. The molecule has 0 spiro atoms. The van der Waals surface area contributed by atoms with Crippen molar-refractivity contribution < 1.29 is 0 Å². The highest BCUT2D eigenvalue weighted by Gasteiger charge is 2.17. The summed E-state index contributed by atoms with van der Waals surface area (Å²) < 4.78 is 0. The third-order valence-electron chi connectivity index (χ3n) is 2.70. The van der Waals surface area contributed by atoms with E-state index in [0.29, 0.717) is 10.9 Å². The molecule has 2 nitrogen and oxygen atoms in total. The lowest BCUT2D eigenvalue weighted by Gasteiger charge is -2.18. The van der Waals surface area contributed by atoms with Crippen LogP contribution >= 0.6 is 35.0 Å². The van der Waals surface area contributed by atoms with Crippen LogP contribution in [0.3, 0.4) is 0 Å². The van der Waals surface area contributed by atoms with Gasteiger partial charge in [0, 0.05) is 10.3 Å². The van der Waals surface area contributed by atoms with Crippen LogP contribution in [-0.4, -0.2) is 9.97 Å². The smallest absolute Gasteiger partial charge is 0.140 e. The molecule has 20 heavy (non-hydrogen) atoms. The molecule has 1 heterocycles. The summed E-state index contributed by atoms with van der Waals surface area (Å²) in [4.78, 5) is 9.90. The minimum absolute atomic E-state index is 0.0452. The Morgan fingerprint density at radius 2 is 1.80 bits per heavy atom. The molecular formula is C15H16Cl2N2S. The van der Waals surface area contributed by atoms with Gasteiger partial charge in [0.15, 0.2) is 0 Å². The van der Waals surface area contributed by atoms with Gasteiger partial charge in [-0.25, -0.2) is 9.97 Å². The van der Waals surface area contributed by atoms with Crippen molar-refractivity contribution in [3.63, 3.8) is 0 Å². The van der Waals surface area contributed by atoms with E-state index in [2.05, 4.69) is 30.7 Å². The van der Waals surface area contributed by atoms with Gasteiger partial charge in [-0.3, -0.25) is 0 Å². The molecule has 5 heteroatoms. The van der Waals surface area contributed by atoms with E-state index in [-0.39, 0.29) is 5.41 Å². The highest BCUT2D eigenvalue weighted by Crippen LogP contribution is 2.29. The zero-order valence-corrected chi connectivity index (χ0v) is 14.0. The van der Waals surface area contributed by atoms with Crippen molar-refractivity contribution in [2.24, 2.45) is 0 Å². The molecule has 0 saturated heterocycles. The number of benzene rings is 1. The second kappa shape index (κ2) is 6.33. The molecule has 0 saturated carbocycles. The highest BCUT2D eigenvalue weighted by molar-refractivity contribution is 7.98. The second-order valence-corrected chi connectivity index (χ2v) is 7.27. The van der Waals surface area contributed by atoms with Crippen LogP contribution in [0.4, 0.5) is 0 Å². The van der Waals surface area contributed by atoms with E-state index in [0.717, 1.165) is 21.4 Å². The number of hydrogen-bond donors (Lipinski definition) is 0. The highest BCUT2D eigenvalue weighted by atomic mass is 35.5. The van der Waals surface area contributed by atoms with Crippen molar-refractivity contribution in [2.75, 3.05) is 0 Å². The van der Waals surface area contributed by atoms with E-state index >= 15 is 0 Å². The number of nitrogens with zero attached hydrogens (tertiary/aromatic N) is 2. The minimum Gasteiger partial charge on any atom is -0.236 e. The van der Waals surface area contributed by atoms with Gasteiger partial charge in [0.25, 0.3) is 0 Å². The quantitative estimate of drug-likeness (QED) is 0.559. The number of halogens is 2. The number of aromatic nitrogens is 2. The first-order chi connectivity index (χ1) is 9.36. The van der Waals surface area contributed by atoms with E-state index in [9.17, 15) is 0 Å². The molecular weight excluding hydrogens is 311 g/mol. The van der Waals surface area contributed by atoms with Gasteiger partial charge in [0.1, 0.15) is 11.0 Å². The molecule has 0 unspecified atom stereocenters. The maximum atomic E-state index is 6.14. The largest absolute Gasteiger partial charge is 0.236 e. The van der Waals surface area contributed by atoms with Gasteiger partial charge < -0.3 is 0 Å². The standard InChI is InChI=1S/C15H16Cl2N2S/c1-15(2,3)12-8-13(17)19-14(18-12)9-20-11-7-5-4-6-10(11)16/h4-8H,9H2,1-3H3. The average Bonchev–Trinajstić information content (AvgIpc) is 2.36. The van der Waals surface area contributed by atoms with Crippen LogP contribution in [0, 0.1) is 0 Å².